The van der Waals surface area contributed by atoms with Gasteiger partial charge < -0.3 is 10.2 Å². The summed E-state index contributed by atoms with van der Waals surface area (Å²) >= 11 is 0. The first kappa shape index (κ1) is 17.8. The Labute approximate surface area is 155 Å². The molecule has 26 heavy (non-hydrogen) atoms. The van der Waals surface area contributed by atoms with Gasteiger partial charge in [0.15, 0.2) is 0 Å². The van der Waals surface area contributed by atoms with Crippen LogP contribution in [0.25, 0.3) is 0 Å². The highest BCUT2D eigenvalue weighted by molar-refractivity contribution is 7.92. The summed E-state index contributed by atoms with van der Waals surface area (Å²) in [5.74, 6) is 0.0320. The van der Waals surface area contributed by atoms with Gasteiger partial charge >= 0.3 is 0 Å². The zero-order valence-electron chi connectivity index (χ0n) is 15.6. The molecule has 3 atom stereocenters. The molecular weight excluding hydrogens is 350 g/mol. The third-order valence-corrected chi connectivity index (χ3v) is 7.42. The van der Waals surface area contributed by atoms with Gasteiger partial charge in [-0.05, 0) is 62.8 Å². The SMILES string of the molecule is CC1Cc2cc(C(=O)N(C)C3CC4CCC(C3)N4)ccc2N1S(C)(=O)=O. The van der Waals surface area contributed by atoms with E-state index in [0.717, 1.165) is 18.4 Å². The topological polar surface area (TPSA) is 69.7 Å². The minimum absolute atomic E-state index is 0.0320. The van der Waals surface area contributed by atoms with Crippen molar-refractivity contribution in [3.63, 3.8) is 0 Å². The lowest BCUT2D eigenvalue weighted by molar-refractivity contribution is 0.0681. The van der Waals surface area contributed by atoms with Crippen LogP contribution in [0.2, 0.25) is 0 Å². The molecule has 2 bridgehead atoms. The Kier molecular flexibility index (Phi) is 4.27. The smallest absolute Gasteiger partial charge is 0.253 e. The van der Waals surface area contributed by atoms with Crippen molar-refractivity contribution in [3.05, 3.63) is 29.3 Å². The second-order valence-electron chi connectivity index (χ2n) is 8.13. The number of amides is 1. The number of sulfonamides is 1. The fraction of sp³-hybridized carbons (Fsp3) is 0.632. The lowest BCUT2D eigenvalue weighted by Crippen LogP contribution is -2.48. The molecule has 2 fully saturated rings. The number of rotatable bonds is 3. The standard InChI is InChI=1S/C19H27N3O3S/c1-12-8-14-9-13(4-7-18(14)22(12)26(3,24)25)19(23)21(2)17-10-15-5-6-16(11-17)20-15/h4,7,9,12,15-17,20H,5-6,8,10-11H2,1-3H3. The van der Waals surface area contributed by atoms with Gasteiger partial charge in [-0.2, -0.15) is 0 Å². The number of hydrogen-bond donors (Lipinski definition) is 1. The maximum Gasteiger partial charge on any atom is 0.253 e. The number of nitrogens with zero attached hydrogens (tertiary/aromatic N) is 2. The van der Waals surface area contributed by atoms with Gasteiger partial charge in [0.2, 0.25) is 10.0 Å². The average molecular weight is 378 g/mol. The van der Waals surface area contributed by atoms with E-state index >= 15 is 0 Å². The van der Waals surface area contributed by atoms with Crippen LogP contribution >= 0.6 is 0 Å². The molecule has 6 nitrogen and oxygen atoms in total. The molecule has 3 unspecified atom stereocenters. The van der Waals surface area contributed by atoms with Crippen LogP contribution < -0.4 is 9.62 Å². The lowest BCUT2D eigenvalue weighted by Gasteiger charge is -2.35. The maximum atomic E-state index is 13.0. The molecule has 1 N–H and O–H groups in total. The van der Waals surface area contributed by atoms with Gasteiger partial charge in [0.05, 0.1) is 11.9 Å². The van der Waals surface area contributed by atoms with Crippen LogP contribution in [-0.4, -0.2) is 56.7 Å². The molecule has 1 amide bonds. The van der Waals surface area contributed by atoms with E-state index in [9.17, 15) is 13.2 Å². The minimum Gasteiger partial charge on any atom is -0.339 e. The number of carbonyl (C=O) groups is 1. The van der Waals surface area contributed by atoms with Crippen molar-refractivity contribution in [1.29, 1.82) is 0 Å². The van der Waals surface area contributed by atoms with E-state index in [1.54, 1.807) is 12.1 Å². The predicted molar refractivity (Wildman–Crippen MR) is 102 cm³/mol. The maximum absolute atomic E-state index is 13.0. The fourth-order valence-electron chi connectivity index (χ4n) is 4.95. The molecule has 3 aliphatic heterocycles. The zero-order valence-corrected chi connectivity index (χ0v) is 16.4. The largest absolute Gasteiger partial charge is 0.339 e. The van der Waals surface area contributed by atoms with Crippen LogP contribution in [0, 0.1) is 0 Å². The first-order chi connectivity index (χ1) is 12.2. The number of nitrogens with one attached hydrogen (secondary N) is 1. The highest BCUT2D eigenvalue weighted by Crippen LogP contribution is 2.35. The van der Waals surface area contributed by atoms with Crippen molar-refractivity contribution < 1.29 is 13.2 Å². The van der Waals surface area contributed by atoms with Crippen molar-refractivity contribution in [2.45, 2.75) is 63.2 Å². The molecule has 0 saturated carbocycles. The molecular formula is C19H27N3O3S. The highest BCUT2D eigenvalue weighted by atomic mass is 32.2. The molecule has 3 heterocycles. The Hall–Kier alpha value is -1.60. The van der Waals surface area contributed by atoms with Gasteiger partial charge in [-0.25, -0.2) is 8.42 Å². The summed E-state index contributed by atoms with van der Waals surface area (Å²) in [6, 6.07) is 6.68. The van der Waals surface area contributed by atoms with E-state index in [1.807, 2.05) is 24.9 Å². The molecule has 0 aromatic heterocycles. The van der Waals surface area contributed by atoms with E-state index in [0.29, 0.717) is 29.8 Å². The van der Waals surface area contributed by atoms with E-state index in [2.05, 4.69) is 5.32 Å². The van der Waals surface area contributed by atoms with Crippen LogP contribution in [0.1, 0.15) is 48.5 Å². The van der Waals surface area contributed by atoms with Crippen molar-refractivity contribution >= 4 is 21.6 Å². The van der Waals surface area contributed by atoms with Crippen LogP contribution in [0.15, 0.2) is 18.2 Å². The van der Waals surface area contributed by atoms with Crippen molar-refractivity contribution in [2.75, 3.05) is 17.6 Å². The molecule has 0 radical (unpaired) electrons. The fourth-order valence-corrected chi connectivity index (χ4v) is 6.22. The summed E-state index contributed by atoms with van der Waals surface area (Å²) in [5.41, 5.74) is 2.30. The summed E-state index contributed by atoms with van der Waals surface area (Å²) in [7, 11) is -1.41. The number of carbonyl (C=O) groups excluding carboxylic acids is 1. The summed E-state index contributed by atoms with van der Waals surface area (Å²) in [6.07, 6.45) is 6.33. The summed E-state index contributed by atoms with van der Waals surface area (Å²) in [4.78, 5) is 14.9. The molecule has 1 aromatic rings. The first-order valence-corrected chi connectivity index (χ1v) is 11.2. The second-order valence-corrected chi connectivity index (χ2v) is 9.99. The minimum atomic E-state index is -3.31. The monoisotopic (exact) mass is 377 g/mol. The van der Waals surface area contributed by atoms with Gasteiger partial charge in [-0.15, -0.1) is 0 Å². The molecule has 0 spiro atoms. The zero-order chi connectivity index (χ0) is 18.6. The van der Waals surface area contributed by atoms with E-state index in [1.165, 1.54) is 23.4 Å². The van der Waals surface area contributed by atoms with Gasteiger partial charge in [0, 0.05) is 36.8 Å². The molecule has 1 aromatic carbocycles. The summed E-state index contributed by atoms with van der Waals surface area (Å²) < 4.78 is 25.6. The van der Waals surface area contributed by atoms with E-state index in [-0.39, 0.29) is 18.0 Å². The molecule has 142 valence electrons. The third-order valence-electron chi connectivity index (χ3n) is 6.15. The molecule has 2 saturated heterocycles. The van der Waals surface area contributed by atoms with Gasteiger partial charge in [0.25, 0.3) is 5.91 Å². The van der Waals surface area contributed by atoms with Crippen LogP contribution in [0.3, 0.4) is 0 Å². The van der Waals surface area contributed by atoms with Crippen LogP contribution in [-0.2, 0) is 16.4 Å². The first-order valence-electron chi connectivity index (χ1n) is 9.39. The van der Waals surface area contributed by atoms with Crippen molar-refractivity contribution in [2.24, 2.45) is 0 Å². The summed E-state index contributed by atoms with van der Waals surface area (Å²) in [5, 5.41) is 3.61. The molecule has 3 aliphatic rings. The Balaban J connectivity index is 1.56. The lowest BCUT2D eigenvalue weighted by atomic mass is 9.97. The third kappa shape index (κ3) is 3.01. The van der Waals surface area contributed by atoms with Gasteiger partial charge in [0.1, 0.15) is 0 Å². The Morgan fingerprint density at radius 3 is 2.50 bits per heavy atom. The second kappa shape index (κ2) is 6.23. The number of piperidine rings is 1. The summed E-state index contributed by atoms with van der Waals surface area (Å²) in [6.45, 7) is 1.90. The normalized spacial score (nSPS) is 30.3. The molecule has 4 rings (SSSR count). The highest BCUT2D eigenvalue weighted by Gasteiger charge is 2.37. The van der Waals surface area contributed by atoms with Gasteiger partial charge in [-0.1, -0.05) is 0 Å². The van der Waals surface area contributed by atoms with E-state index in [4.69, 9.17) is 0 Å². The van der Waals surface area contributed by atoms with Gasteiger partial charge in [-0.3, -0.25) is 9.10 Å². The number of benzene rings is 1. The van der Waals surface area contributed by atoms with Crippen molar-refractivity contribution in [1.82, 2.24) is 10.2 Å². The number of fused-ring (bicyclic) bond motifs is 3. The predicted octanol–water partition coefficient (Wildman–Crippen LogP) is 1.75. The molecule has 7 heteroatoms. The molecule has 0 aliphatic carbocycles. The van der Waals surface area contributed by atoms with Crippen LogP contribution in [0.5, 0.6) is 0 Å². The van der Waals surface area contributed by atoms with Crippen LogP contribution in [0.4, 0.5) is 5.69 Å². The van der Waals surface area contributed by atoms with Crippen molar-refractivity contribution in [3.8, 4) is 0 Å². The number of anilines is 1. The Morgan fingerprint density at radius 2 is 1.88 bits per heavy atom. The van der Waals surface area contributed by atoms with E-state index < -0.39 is 10.0 Å². The average Bonchev–Trinajstić information content (AvgIpc) is 3.09. The number of hydrogen-bond acceptors (Lipinski definition) is 4. The quantitative estimate of drug-likeness (QED) is 0.871. The Bertz CT molecular complexity index is 826. The Morgan fingerprint density at radius 1 is 1.23 bits per heavy atom.